The molecular weight excluding hydrogens is 166 g/mol. The van der Waals surface area contributed by atoms with Gasteiger partial charge in [-0.25, -0.2) is 0 Å². The van der Waals surface area contributed by atoms with Crippen LogP contribution in [-0.4, -0.2) is 31.8 Å². The first kappa shape index (κ1) is 9.32. The van der Waals surface area contributed by atoms with Crippen LogP contribution in [0.1, 0.15) is 0 Å². The Kier molecular flexibility index (Phi) is 2.28. The summed E-state index contributed by atoms with van der Waals surface area (Å²) in [4.78, 5) is 2.07. The van der Waals surface area contributed by atoms with Crippen molar-refractivity contribution in [3.63, 3.8) is 0 Å². The van der Waals surface area contributed by atoms with E-state index in [1.807, 2.05) is 20.3 Å². The van der Waals surface area contributed by atoms with Crippen molar-refractivity contribution in [1.29, 1.82) is 0 Å². The molecule has 0 aliphatic carbocycles. The number of rotatable bonds is 2. The molecule has 0 amide bonds. The van der Waals surface area contributed by atoms with Gasteiger partial charge in [-0.05, 0) is 19.6 Å². The van der Waals surface area contributed by atoms with Crippen molar-refractivity contribution in [2.24, 2.45) is 0 Å². The summed E-state index contributed by atoms with van der Waals surface area (Å²) in [5.74, 6) is 0. The van der Waals surface area contributed by atoms with Gasteiger partial charge in [0.1, 0.15) is 0 Å². The van der Waals surface area contributed by atoms with Crippen LogP contribution in [-0.2, 0) is 0 Å². The van der Waals surface area contributed by atoms with Crippen LogP contribution in [0.15, 0.2) is 12.4 Å². The zero-order valence-corrected chi connectivity index (χ0v) is 9.50. The van der Waals surface area contributed by atoms with E-state index in [-0.39, 0.29) is 0 Å². The fraction of sp³-hybridized carbons (Fsp3) is 0.625. The minimum atomic E-state index is -1.28. The second-order valence-electron chi connectivity index (χ2n) is 4.21. The van der Waals surface area contributed by atoms with E-state index >= 15 is 0 Å². The molecule has 12 heavy (non-hydrogen) atoms. The summed E-state index contributed by atoms with van der Waals surface area (Å²) in [6.07, 6.45) is 4.03. The average molecular weight is 183 g/mol. The predicted molar refractivity (Wildman–Crippen MR) is 55.3 cm³/mol. The molecule has 0 saturated carbocycles. The van der Waals surface area contributed by atoms with Crippen molar-refractivity contribution < 1.29 is 0 Å². The fourth-order valence-corrected chi connectivity index (χ4v) is 1.83. The van der Waals surface area contributed by atoms with Crippen LogP contribution in [0.3, 0.4) is 0 Å². The molecule has 0 aromatic carbocycles. The summed E-state index contributed by atoms with van der Waals surface area (Å²) >= 11 is 0. The maximum atomic E-state index is 4.35. The van der Waals surface area contributed by atoms with Gasteiger partial charge in [-0.15, -0.1) is 0 Å². The molecule has 0 atom stereocenters. The third-order valence-electron chi connectivity index (χ3n) is 1.77. The Bertz CT molecular complexity index is 260. The van der Waals surface area contributed by atoms with E-state index in [2.05, 4.69) is 40.2 Å². The summed E-state index contributed by atoms with van der Waals surface area (Å²) in [7, 11) is 2.79. The van der Waals surface area contributed by atoms with Gasteiger partial charge in [-0.3, -0.25) is 4.35 Å². The molecule has 0 N–H and O–H groups in total. The Morgan fingerprint density at radius 1 is 1.33 bits per heavy atom. The molecule has 68 valence electrons. The Morgan fingerprint density at radius 2 is 1.92 bits per heavy atom. The van der Waals surface area contributed by atoms with Gasteiger partial charge in [0.2, 0.25) is 0 Å². The standard InChI is InChI=1S/C8H17N3Si/c1-10(2)8-6-9-11(7-8)12(3,4)5/h6-7H,1-5H3. The molecular formula is C8H17N3Si. The lowest BCUT2D eigenvalue weighted by Gasteiger charge is -2.16. The van der Waals surface area contributed by atoms with Gasteiger partial charge in [-0.1, -0.05) is 0 Å². The van der Waals surface area contributed by atoms with E-state index in [0.29, 0.717) is 0 Å². The topological polar surface area (TPSA) is 21.1 Å². The molecule has 3 nitrogen and oxygen atoms in total. The second-order valence-corrected chi connectivity index (χ2v) is 9.01. The normalized spacial score (nSPS) is 11.8. The van der Waals surface area contributed by atoms with E-state index in [9.17, 15) is 0 Å². The number of hydrogen-bond acceptors (Lipinski definition) is 2. The van der Waals surface area contributed by atoms with Crippen LogP contribution in [0.2, 0.25) is 19.6 Å². The summed E-state index contributed by atoms with van der Waals surface area (Å²) in [5.41, 5.74) is 1.18. The highest BCUT2D eigenvalue weighted by molar-refractivity contribution is 6.74. The van der Waals surface area contributed by atoms with Gasteiger partial charge < -0.3 is 4.90 Å². The van der Waals surface area contributed by atoms with Crippen LogP contribution >= 0.6 is 0 Å². The molecule has 0 unspecified atom stereocenters. The maximum absolute atomic E-state index is 4.35. The van der Waals surface area contributed by atoms with Crippen molar-refractivity contribution in [3.05, 3.63) is 12.4 Å². The molecule has 0 saturated heterocycles. The zero-order chi connectivity index (χ0) is 9.35. The summed E-state index contributed by atoms with van der Waals surface area (Å²) < 4.78 is 2.11. The van der Waals surface area contributed by atoms with Gasteiger partial charge in [-0.2, -0.15) is 5.10 Å². The van der Waals surface area contributed by atoms with Crippen LogP contribution < -0.4 is 4.90 Å². The number of anilines is 1. The highest BCUT2D eigenvalue weighted by atomic mass is 28.3. The Hall–Kier alpha value is -0.773. The highest BCUT2D eigenvalue weighted by Crippen LogP contribution is 2.12. The van der Waals surface area contributed by atoms with E-state index in [1.165, 1.54) is 5.69 Å². The van der Waals surface area contributed by atoms with Gasteiger partial charge in [0.15, 0.2) is 8.24 Å². The van der Waals surface area contributed by atoms with Gasteiger partial charge in [0.25, 0.3) is 0 Å². The first-order valence-electron chi connectivity index (χ1n) is 4.14. The maximum Gasteiger partial charge on any atom is 0.176 e. The molecule has 0 aliphatic rings. The number of nitrogens with zero attached hydrogens (tertiary/aromatic N) is 3. The molecule has 1 aromatic rings. The SMILES string of the molecule is CN(C)c1cnn([Si](C)(C)C)c1. The molecule has 1 aromatic heterocycles. The first-order chi connectivity index (χ1) is 5.41. The van der Waals surface area contributed by atoms with Crippen LogP contribution in [0, 0.1) is 0 Å². The predicted octanol–water partition coefficient (Wildman–Crippen LogP) is 1.63. The van der Waals surface area contributed by atoms with Crippen molar-refractivity contribution in [1.82, 2.24) is 9.45 Å². The molecule has 0 radical (unpaired) electrons. The second kappa shape index (κ2) is 2.93. The molecule has 0 aliphatic heterocycles. The largest absolute Gasteiger partial charge is 0.375 e. The summed E-state index contributed by atoms with van der Waals surface area (Å²) in [6.45, 7) is 6.83. The minimum absolute atomic E-state index is 1.18. The van der Waals surface area contributed by atoms with Gasteiger partial charge >= 0.3 is 0 Å². The first-order valence-corrected chi connectivity index (χ1v) is 7.58. The van der Waals surface area contributed by atoms with Crippen LogP contribution in [0.25, 0.3) is 0 Å². The molecule has 0 spiro atoms. The Balaban J connectivity index is 2.92. The van der Waals surface area contributed by atoms with Crippen molar-refractivity contribution in [2.45, 2.75) is 19.6 Å². The van der Waals surface area contributed by atoms with Gasteiger partial charge in [0.05, 0.1) is 11.9 Å². The third-order valence-corrected chi connectivity index (χ3v) is 3.39. The van der Waals surface area contributed by atoms with Crippen LogP contribution in [0.4, 0.5) is 5.69 Å². The van der Waals surface area contributed by atoms with Crippen molar-refractivity contribution in [3.8, 4) is 0 Å². The highest BCUT2D eigenvalue weighted by Gasteiger charge is 2.17. The molecule has 1 rings (SSSR count). The van der Waals surface area contributed by atoms with Crippen LogP contribution in [0.5, 0.6) is 0 Å². The Morgan fingerprint density at radius 3 is 2.17 bits per heavy atom. The van der Waals surface area contributed by atoms with Gasteiger partial charge in [0, 0.05) is 20.3 Å². The molecule has 0 fully saturated rings. The quantitative estimate of drug-likeness (QED) is 0.650. The smallest absolute Gasteiger partial charge is 0.176 e. The minimum Gasteiger partial charge on any atom is -0.375 e. The van der Waals surface area contributed by atoms with E-state index in [0.717, 1.165) is 0 Å². The average Bonchev–Trinajstić information content (AvgIpc) is 2.30. The lowest BCUT2D eigenvalue weighted by Crippen LogP contribution is -2.32. The van der Waals surface area contributed by atoms with Crippen molar-refractivity contribution >= 4 is 13.9 Å². The Labute approximate surface area is 75.1 Å². The molecule has 0 bridgehead atoms. The third kappa shape index (κ3) is 1.88. The monoisotopic (exact) mass is 183 g/mol. The molecule has 1 heterocycles. The summed E-state index contributed by atoms with van der Waals surface area (Å²) in [5, 5.41) is 4.35. The van der Waals surface area contributed by atoms with E-state index < -0.39 is 8.24 Å². The number of hydrogen-bond donors (Lipinski definition) is 0. The number of aromatic nitrogens is 2. The van der Waals surface area contributed by atoms with Crippen molar-refractivity contribution in [2.75, 3.05) is 19.0 Å². The summed E-state index contributed by atoms with van der Waals surface area (Å²) in [6, 6.07) is 0. The lowest BCUT2D eigenvalue weighted by atomic mass is 10.5. The molecule has 4 heteroatoms. The van der Waals surface area contributed by atoms with E-state index in [4.69, 9.17) is 0 Å². The fourth-order valence-electron chi connectivity index (χ4n) is 0.911. The lowest BCUT2D eigenvalue weighted by molar-refractivity contribution is 0.933. The van der Waals surface area contributed by atoms with E-state index in [1.54, 1.807) is 0 Å². The zero-order valence-electron chi connectivity index (χ0n) is 8.50.